The van der Waals surface area contributed by atoms with Crippen LogP contribution in [0.3, 0.4) is 0 Å². The molecule has 1 fully saturated rings. The summed E-state index contributed by atoms with van der Waals surface area (Å²) in [5.74, 6) is -0.0493. The molecule has 7 nitrogen and oxygen atoms in total. The van der Waals surface area contributed by atoms with Crippen LogP contribution in [0.15, 0.2) is 46.2 Å². The molecule has 2 heterocycles. The van der Waals surface area contributed by atoms with Crippen molar-refractivity contribution in [3.8, 4) is 0 Å². The van der Waals surface area contributed by atoms with Crippen LogP contribution in [0.1, 0.15) is 65.7 Å². The second-order valence-corrected chi connectivity index (χ2v) is 10.8. The Morgan fingerprint density at radius 1 is 1.34 bits per heavy atom. The highest BCUT2D eigenvalue weighted by Gasteiger charge is 2.56. The number of nitrogens with zero attached hydrogens (tertiary/aromatic N) is 1. The van der Waals surface area contributed by atoms with Gasteiger partial charge in [0.15, 0.2) is 0 Å². The van der Waals surface area contributed by atoms with Crippen LogP contribution < -0.4 is 5.32 Å². The Labute approximate surface area is 213 Å². The first kappa shape index (κ1) is 27.7. The van der Waals surface area contributed by atoms with Crippen molar-refractivity contribution in [3.63, 3.8) is 0 Å². The van der Waals surface area contributed by atoms with Crippen molar-refractivity contribution in [3.05, 3.63) is 46.2 Å². The number of likely N-dealkylation sites (N-methyl/N-ethyl adjacent to an activating group) is 1. The van der Waals surface area contributed by atoms with Gasteiger partial charge in [-0.15, -0.1) is 0 Å². The van der Waals surface area contributed by atoms with Crippen molar-refractivity contribution in [2.75, 3.05) is 14.2 Å². The summed E-state index contributed by atoms with van der Waals surface area (Å²) in [5.41, 5.74) is 1.26. The molecule has 3 aliphatic rings. The van der Waals surface area contributed by atoms with Gasteiger partial charge < -0.3 is 24.8 Å². The molecule has 2 N–H and O–H groups in total. The first-order valence-electron chi connectivity index (χ1n) is 12.3. The molecule has 3 unspecified atom stereocenters. The van der Waals surface area contributed by atoms with Crippen molar-refractivity contribution in [1.82, 2.24) is 10.2 Å². The van der Waals surface area contributed by atoms with E-state index in [4.69, 9.17) is 21.1 Å². The van der Waals surface area contributed by atoms with Gasteiger partial charge in [-0.2, -0.15) is 0 Å². The molecular weight excluding hydrogens is 468 g/mol. The second-order valence-electron chi connectivity index (χ2n) is 10.3. The third-order valence-corrected chi connectivity index (χ3v) is 7.89. The molecule has 8 heteroatoms. The monoisotopic (exact) mass is 506 g/mol. The number of fused-ring (bicyclic) bond motifs is 2. The number of rotatable bonds is 3. The maximum absolute atomic E-state index is 13.1. The van der Waals surface area contributed by atoms with Crippen molar-refractivity contribution in [2.45, 2.75) is 89.3 Å². The molecule has 1 aliphatic carbocycles. The van der Waals surface area contributed by atoms with E-state index in [0.717, 1.165) is 24.1 Å². The highest BCUT2D eigenvalue weighted by Crippen LogP contribution is 2.47. The summed E-state index contributed by atoms with van der Waals surface area (Å²) in [7, 11) is 3.38. The molecule has 0 radical (unpaired) electrons. The molecule has 5 atom stereocenters. The van der Waals surface area contributed by atoms with Gasteiger partial charge >= 0.3 is 0 Å². The van der Waals surface area contributed by atoms with Gasteiger partial charge in [-0.1, -0.05) is 47.9 Å². The van der Waals surface area contributed by atoms with E-state index in [1.165, 1.54) is 5.57 Å². The van der Waals surface area contributed by atoms with E-state index in [0.29, 0.717) is 30.7 Å². The molecule has 2 aliphatic heterocycles. The molecule has 0 aromatic rings. The van der Waals surface area contributed by atoms with Gasteiger partial charge in [0, 0.05) is 44.4 Å². The molecule has 1 saturated heterocycles. The average Bonchev–Trinajstić information content (AvgIpc) is 3.50. The number of methoxy groups -OCH3 is 1. The minimum atomic E-state index is -1.44. The van der Waals surface area contributed by atoms with Gasteiger partial charge in [-0.3, -0.25) is 9.59 Å². The Balaban J connectivity index is 1.90. The third-order valence-electron chi connectivity index (χ3n) is 7.51. The average molecular weight is 507 g/mol. The molecule has 3 rings (SSSR count). The Kier molecular flexibility index (Phi) is 9.02. The standard InChI is InChI=1S/C27H39ClN2O5/c1-18-8-6-7-12-27(33,29-17-31)16-23(34-5)19(2)25-26(3,35-25)13-11-24(32)30(4)22-15-20(14-18)9-10-21(22)28/h6-8,15,17,19,23,25,33H,9-14,16H2,1-5H3,(H,29,31)/b7-6+,18-8+/t19-,23?,25?,26?,27-/m1/s1. The number of halogens is 1. The summed E-state index contributed by atoms with van der Waals surface area (Å²) in [6.07, 6.45) is 11.6. The van der Waals surface area contributed by atoms with Crippen LogP contribution in [0.5, 0.6) is 0 Å². The first-order valence-corrected chi connectivity index (χ1v) is 12.7. The summed E-state index contributed by atoms with van der Waals surface area (Å²) in [6.45, 7) is 6.07. The Bertz CT molecular complexity index is 942. The van der Waals surface area contributed by atoms with Crippen LogP contribution in [0.4, 0.5) is 0 Å². The molecule has 194 valence electrons. The number of hydrogen-bond donors (Lipinski definition) is 2. The van der Waals surface area contributed by atoms with Gasteiger partial charge in [0.05, 0.1) is 23.5 Å². The Morgan fingerprint density at radius 3 is 2.77 bits per heavy atom. The van der Waals surface area contributed by atoms with E-state index in [1.807, 2.05) is 45.1 Å². The molecule has 0 aromatic heterocycles. The number of epoxide rings is 1. The lowest BCUT2D eigenvalue weighted by molar-refractivity contribution is -0.128. The predicted octanol–water partition coefficient (Wildman–Crippen LogP) is 4.33. The number of aliphatic hydroxyl groups is 1. The minimum Gasteiger partial charge on any atom is -0.381 e. The number of carbonyl (C=O) groups excluding carboxylic acids is 2. The number of ether oxygens (including phenoxy) is 2. The predicted molar refractivity (Wildman–Crippen MR) is 136 cm³/mol. The van der Waals surface area contributed by atoms with Crippen LogP contribution >= 0.6 is 11.6 Å². The van der Waals surface area contributed by atoms with E-state index in [-0.39, 0.29) is 36.9 Å². The fourth-order valence-electron chi connectivity index (χ4n) is 5.17. The van der Waals surface area contributed by atoms with Crippen LogP contribution in [0.25, 0.3) is 0 Å². The van der Waals surface area contributed by atoms with Gasteiger partial charge in [0.25, 0.3) is 0 Å². The number of nitrogens with one attached hydrogen (secondary N) is 1. The van der Waals surface area contributed by atoms with Gasteiger partial charge in [-0.05, 0) is 45.6 Å². The van der Waals surface area contributed by atoms with Gasteiger partial charge in [0.2, 0.25) is 12.3 Å². The highest BCUT2D eigenvalue weighted by atomic mass is 35.5. The fraction of sp³-hybridized carbons (Fsp3) is 0.630. The number of hydrogen-bond acceptors (Lipinski definition) is 5. The van der Waals surface area contributed by atoms with E-state index in [9.17, 15) is 14.7 Å². The van der Waals surface area contributed by atoms with Gasteiger partial charge in [0.1, 0.15) is 5.72 Å². The number of amides is 2. The number of allylic oxidation sites excluding steroid dienone is 6. The molecule has 0 saturated carbocycles. The lowest BCUT2D eigenvalue weighted by Gasteiger charge is -2.32. The molecule has 0 spiro atoms. The lowest BCUT2D eigenvalue weighted by atomic mass is 9.86. The SMILES string of the molecule is COC1C[C@@](O)(NC=O)C/C=C/C=C(\C)CC2=CC(=C(Cl)CC2)N(C)C(=O)CCC2(C)OC2[C@@H]1C. The molecular formula is C27H39ClN2O5. The zero-order chi connectivity index (χ0) is 25.8. The van der Waals surface area contributed by atoms with E-state index < -0.39 is 11.3 Å². The summed E-state index contributed by atoms with van der Waals surface area (Å²) < 4.78 is 11.8. The highest BCUT2D eigenvalue weighted by molar-refractivity contribution is 6.30. The van der Waals surface area contributed by atoms with Crippen LogP contribution in [-0.4, -0.2) is 60.0 Å². The van der Waals surface area contributed by atoms with E-state index in [1.54, 1.807) is 19.1 Å². The van der Waals surface area contributed by atoms with Crippen LogP contribution in [-0.2, 0) is 19.1 Å². The first-order chi connectivity index (χ1) is 16.5. The van der Waals surface area contributed by atoms with Crippen LogP contribution in [0, 0.1) is 5.92 Å². The second kappa shape index (κ2) is 11.4. The molecule has 2 amide bonds. The van der Waals surface area contributed by atoms with Gasteiger partial charge in [-0.25, -0.2) is 0 Å². The van der Waals surface area contributed by atoms with Crippen molar-refractivity contribution in [1.29, 1.82) is 0 Å². The van der Waals surface area contributed by atoms with Crippen molar-refractivity contribution < 1.29 is 24.2 Å². The Hall–Kier alpha value is -1.93. The third kappa shape index (κ3) is 6.85. The van der Waals surface area contributed by atoms with Crippen molar-refractivity contribution in [2.24, 2.45) is 5.92 Å². The molecule has 2 bridgehead atoms. The topological polar surface area (TPSA) is 91.4 Å². The van der Waals surface area contributed by atoms with Crippen molar-refractivity contribution >= 4 is 23.9 Å². The zero-order valence-corrected chi connectivity index (χ0v) is 22.2. The number of carbonyl (C=O) groups is 2. The lowest BCUT2D eigenvalue weighted by Crippen LogP contribution is -2.48. The zero-order valence-electron chi connectivity index (χ0n) is 21.5. The summed E-state index contributed by atoms with van der Waals surface area (Å²) in [6, 6.07) is 0. The van der Waals surface area contributed by atoms with E-state index >= 15 is 0 Å². The fourth-order valence-corrected chi connectivity index (χ4v) is 5.45. The smallest absolute Gasteiger partial charge is 0.226 e. The maximum atomic E-state index is 13.1. The quantitative estimate of drug-likeness (QED) is 0.338. The maximum Gasteiger partial charge on any atom is 0.226 e. The Morgan fingerprint density at radius 2 is 2.09 bits per heavy atom. The minimum absolute atomic E-state index is 0.000239. The molecule has 35 heavy (non-hydrogen) atoms. The summed E-state index contributed by atoms with van der Waals surface area (Å²) in [5, 5.41) is 14.4. The van der Waals surface area contributed by atoms with E-state index in [2.05, 4.69) is 5.32 Å². The molecule has 0 aromatic carbocycles. The van der Waals surface area contributed by atoms with Crippen LogP contribution in [0.2, 0.25) is 0 Å². The summed E-state index contributed by atoms with van der Waals surface area (Å²) in [4.78, 5) is 26.0. The normalized spacial score (nSPS) is 37.6. The largest absolute Gasteiger partial charge is 0.381 e. The summed E-state index contributed by atoms with van der Waals surface area (Å²) >= 11 is 6.53.